The molecule has 0 saturated carbocycles. The highest BCUT2D eigenvalue weighted by molar-refractivity contribution is 8.46. The maximum atomic E-state index is 15.0. The number of rotatable bonds is 9. The molecule has 1 saturated heterocycles. The van der Waals surface area contributed by atoms with Gasteiger partial charge in [0.15, 0.2) is 11.4 Å². The maximum Gasteiger partial charge on any atom is 0.293 e. The van der Waals surface area contributed by atoms with E-state index < -0.39 is 33.5 Å². The largest absolute Gasteiger partial charge is 0.332 e. The van der Waals surface area contributed by atoms with Gasteiger partial charge in [0.05, 0.1) is 6.04 Å². The molecule has 0 bridgehead atoms. The van der Waals surface area contributed by atoms with E-state index in [1.165, 1.54) is 24.3 Å². The van der Waals surface area contributed by atoms with E-state index in [1.54, 1.807) is 97.1 Å². The zero-order chi connectivity index (χ0) is 29.2. The lowest BCUT2D eigenvalue weighted by Gasteiger charge is -2.48. The van der Waals surface area contributed by atoms with Crippen LogP contribution < -0.4 is 0 Å². The number of amides is 1. The Labute approximate surface area is 235 Å². The highest BCUT2D eigenvalue weighted by atomic mass is 32.5. The number of carbonyl (C=O) groups excluding carboxylic acids is 1. The summed E-state index contributed by atoms with van der Waals surface area (Å²) in [4.78, 5) is 20.9. The summed E-state index contributed by atoms with van der Waals surface area (Å²) in [6.07, 6.45) is -2.49. The summed E-state index contributed by atoms with van der Waals surface area (Å²) in [5.74, 6) is -1.16. The smallest absolute Gasteiger partial charge is 0.293 e. The third-order valence-corrected chi connectivity index (χ3v) is 8.53. The molecule has 0 aliphatic carbocycles. The molecule has 0 aromatic heterocycles. The first kappa shape index (κ1) is 28.8. The number of nitrogens with zero attached hydrogens (tertiary/aromatic N) is 2. The number of benzene rings is 4. The van der Waals surface area contributed by atoms with Crippen LogP contribution >= 0.6 is 10.2 Å². The van der Waals surface area contributed by atoms with E-state index in [0.717, 1.165) is 9.96 Å². The van der Waals surface area contributed by atoms with Crippen molar-refractivity contribution in [1.82, 2.24) is 9.96 Å². The Morgan fingerprint density at radius 3 is 1.51 bits per heavy atom. The zero-order valence-corrected chi connectivity index (χ0v) is 22.7. The molecule has 0 spiro atoms. The quantitative estimate of drug-likeness (QED) is 0.184. The molecule has 1 fully saturated rings. The van der Waals surface area contributed by atoms with Gasteiger partial charge in [-0.3, -0.25) is 9.63 Å². The first-order valence-corrected chi connectivity index (χ1v) is 15.0. The molecular formula is C31H29F5N2O2S. The van der Waals surface area contributed by atoms with Crippen LogP contribution in [-0.2, 0) is 29.3 Å². The molecule has 216 valence electrons. The predicted molar refractivity (Wildman–Crippen MR) is 150 cm³/mol. The fourth-order valence-electron chi connectivity index (χ4n) is 5.17. The summed E-state index contributed by atoms with van der Waals surface area (Å²) in [5, 5.41) is -2.48. The van der Waals surface area contributed by atoms with E-state index in [4.69, 9.17) is 4.84 Å². The van der Waals surface area contributed by atoms with Crippen molar-refractivity contribution in [3.63, 3.8) is 0 Å². The average molecular weight is 589 g/mol. The summed E-state index contributed by atoms with van der Waals surface area (Å²) in [7, 11) is -10.4. The molecule has 0 radical (unpaired) electrons. The number of carbonyl (C=O) groups is 1. The second-order valence-corrected chi connectivity index (χ2v) is 12.7. The average Bonchev–Trinajstić information content (AvgIpc) is 3.34. The number of hydrogen-bond acceptors (Lipinski definition) is 3. The van der Waals surface area contributed by atoms with Gasteiger partial charge in [0, 0.05) is 19.6 Å². The van der Waals surface area contributed by atoms with Crippen molar-refractivity contribution in [2.75, 3.05) is 0 Å². The normalized spacial score (nSPS) is 21.1. The van der Waals surface area contributed by atoms with Crippen LogP contribution in [0.3, 0.4) is 0 Å². The Morgan fingerprint density at radius 1 is 0.659 bits per heavy atom. The van der Waals surface area contributed by atoms with Crippen LogP contribution in [-0.4, -0.2) is 27.2 Å². The number of halogens is 5. The molecular weight excluding hydrogens is 559 g/mol. The molecule has 0 N–H and O–H groups in total. The van der Waals surface area contributed by atoms with Crippen molar-refractivity contribution in [2.45, 2.75) is 37.0 Å². The first-order valence-electron chi connectivity index (χ1n) is 13.0. The topological polar surface area (TPSA) is 32.8 Å². The van der Waals surface area contributed by atoms with Gasteiger partial charge in [-0.2, -0.15) is 5.06 Å². The number of hydrogen-bond donors (Lipinski definition) is 0. The molecule has 3 atom stereocenters. The molecule has 4 aromatic carbocycles. The van der Waals surface area contributed by atoms with Gasteiger partial charge >= 0.3 is 0 Å². The highest BCUT2D eigenvalue weighted by Gasteiger charge is 2.78. The Kier molecular flexibility index (Phi) is 7.44. The van der Waals surface area contributed by atoms with E-state index in [1.807, 2.05) is 0 Å². The van der Waals surface area contributed by atoms with E-state index in [-0.39, 0.29) is 25.2 Å². The molecule has 0 unspecified atom stereocenters. The summed E-state index contributed by atoms with van der Waals surface area (Å²) < 4.78 is 75.1. The van der Waals surface area contributed by atoms with Crippen LogP contribution in [0.4, 0.5) is 19.4 Å². The summed E-state index contributed by atoms with van der Waals surface area (Å²) >= 11 is 0. The van der Waals surface area contributed by atoms with Gasteiger partial charge in [0.25, 0.3) is 16.1 Å². The molecule has 4 aromatic rings. The van der Waals surface area contributed by atoms with E-state index >= 15 is 19.4 Å². The van der Waals surface area contributed by atoms with Crippen molar-refractivity contribution in [3.05, 3.63) is 144 Å². The minimum atomic E-state index is -10.4. The lowest BCUT2D eigenvalue weighted by molar-refractivity contribution is -0.186. The molecule has 1 heterocycles. The second kappa shape index (κ2) is 10.6. The Balaban J connectivity index is 1.59. The van der Waals surface area contributed by atoms with Gasteiger partial charge in [-0.1, -0.05) is 141 Å². The predicted octanol–water partition coefficient (Wildman–Crippen LogP) is 8.44. The summed E-state index contributed by atoms with van der Waals surface area (Å²) in [5.41, 5.74) is 1.81. The van der Waals surface area contributed by atoms with Crippen LogP contribution in [0.15, 0.2) is 121 Å². The molecule has 1 aliphatic heterocycles. The van der Waals surface area contributed by atoms with Gasteiger partial charge in [-0.25, -0.2) is 0 Å². The summed E-state index contributed by atoms with van der Waals surface area (Å²) in [6.45, 7) is -0.405. The number of hydroxylamine groups is 2. The van der Waals surface area contributed by atoms with Gasteiger partial charge in [-0.15, -0.1) is 0 Å². The Morgan fingerprint density at radius 2 is 1.07 bits per heavy atom. The van der Waals surface area contributed by atoms with Crippen molar-refractivity contribution in [3.8, 4) is 0 Å². The van der Waals surface area contributed by atoms with Crippen LogP contribution in [0.2, 0.25) is 0 Å². The molecule has 4 nitrogen and oxygen atoms in total. The van der Waals surface area contributed by atoms with E-state index in [9.17, 15) is 4.79 Å². The first-order chi connectivity index (χ1) is 19.4. The van der Waals surface area contributed by atoms with Crippen molar-refractivity contribution in [2.24, 2.45) is 0 Å². The van der Waals surface area contributed by atoms with Crippen LogP contribution in [0, 0.1) is 0 Å². The second-order valence-electron chi connectivity index (χ2n) is 10.1. The third kappa shape index (κ3) is 6.95. The minimum Gasteiger partial charge on any atom is -0.332 e. The fourth-order valence-corrected chi connectivity index (χ4v) is 6.58. The van der Waals surface area contributed by atoms with E-state index in [0.29, 0.717) is 16.7 Å². The fraction of sp³-hybridized carbons (Fsp3) is 0.194. The maximum absolute atomic E-state index is 15.0. The molecule has 41 heavy (non-hydrogen) atoms. The Bertz CT molecular complexity index is 1420. The molecule has 10 heteroatoms. The standard InChI is InChI=1S/C31H29F5N2O2S/c32-41(33,34,35,36)30-28(27-19-11-4-12-20-27)38(23-26-17-9-3-10-18-26)40-29(30)31(39)37(21-24-13-5-1-6-14-24)22-25-15-7-2-8-16-25/h1-20,28-30H,21-23H2/t28-,29-,30-/m0/s1. The Hall–Kier alpha value is -3.73. The van der Waals surface area contributed by atoms with Crippen molar-refractivity contribution in [1.29, 1.82) is 0 Å². The lowest BCUT2D eigenvalue weighted by Crippen LogP contribution is -2.47. The van der Waals surface area contributed by atoms with Gasteiger partial charge < -0.3 is 4.90 Å². The minimum absolute atomic E-state index is 0.0188. The highest BCUT2D eigenvalue weighted by Crippen LogP contribution is 3.02. The van der Waals surface area contributed by atoms with Crippen molar-refractivity contribution >= 4 is 16.1 Å². The molecule has 5 rings (SSSR count). The zero-order valence-electron chi connectivity index (χ0n) is 21.9. The van der Waals surface area contributed by atoms with Crippen LogP contribution in [0.5, 0.6) is 0 Å². The molecule has 1 aliphatic rings. The summed E-state index contributed by atoms with van der Waals surface area (Å²) in [6, 6.07) is 31.1. The van der Waals surface area contributed by atoms with Gasteiger partial charge in [0.2, 0.25) is 0 Å². The van der Waals surface area contributed by atoms with Crippen LogP contribution in [0.25, 0.3) is 0 Å². The monoisotopic (exact) mass is 588 g/mol. The lowest BCUT2D eigenvalue weighted by atomic mass is 9.99. The van der Waals surface area contributed by atoms with Crippen molar-refractivity contribution < 1.29 is 29.1 Å². The van der Waals surface area contributed by atoms with E-state index in [2.05, 4.69) is 0 Å². The molecule has 1 amide bonds. The van der Waals surface area contributed by atoms with Gasteiger partial charge in [0.1, 0.15) is 0 Å². The van der Waals surface area contributed by atoms with Gasteiger partial charge in [-0.05, 0) is 22.3 Å². The third-order valence-electron chi connectivity index (χ3n) is 6.99. The van der Waals surface area contributed by atoms with Crippen LogP contribution in [0.1, 0.15) is 28.3 Å². The SMILES string of the molecule is O=C([C@H]1ON(Cc2ccccc2)[C@@H](c2ccccc2)[C@@H]1S(F)(F)(F)(F)F)N(Cc1ccccc1)Cc1ccccc1.